The number of benzene rings is 2. The largest absolute Gasteiger partial charge is 0.331 e. The van der Waals surface area contributed by atoms with E-state index in [9.17, 15) is 14.4 Å². The summed E-state index contributed by atoms with van der Waals surface area (Å²) >= 11 is 0. The number of carbonyl (C=O) groups is 3. The molecule has 3 rings (SSSR count). The minimum absolute atomic E-state index is 0.0261. The fourth-order valence-corrected chi connectivity index (χ4v) is 3.41. The van der Waals surface area contributed by atoms with E-state index in [1.807, 2.05) is 25.1 Å². The molecule has 1 unspecified atom stereocenters. The molecule has 1 aliphatic rings. The lowest BCUT2D eigenvalue weighted by Crippen LogP contribution is -2.43. The highest BCUT2D eigenvalue weighted by atomic mass is 16.2. The SMILES string of the molecule is CCCC(=O)N1CCCC1C(=O)Nc1cccc(NC(=O)Nc2ccccc2)c1. The van der Waals surface area contributed by atoms with Gasteiger partial charge in [-0.3, -0.25) is 9.59 Å². The van der Waals surface area contributed by atoms with E-state index in [1.54, 1.807) is 41.3 Å². The van der Waals surface area contributed by atoms with E-state index >= 15 is 0 Å². The number of nitrogens with one attached hydrogen (secondary N) is 3. The maximum absolute atomic E-state index is 12.7. The second-order valence-electron chi connectivity index (χ2n) is 7.01. The molecule has 0 aromatic heterocycles. The van der Waals surface area contributed by atoms with Crippen LogP contribution >= 0.6 is 0 Å². The second kappa shape index (κ2) is 9.73. The van der Waals surface area contributed by atoms with Crippen molar-refractivity contribution in [3.05, 3.63) is 54.6 Å². The van der Waals surface area contributed by atoms with Crippen LogP contribution < -0.4 is 16.0 Å². The van der Waals surface area contributed by atoms with Gasteiger partial charge in [-0.2, -0.15) is 0 Å². The Morgan fingerprint density at radius 1 is 0.931 bits per heavy atom. The zero-order chi connectivity index (χ0) is 20.6. The third-order valence-electron chi connectivity index (χ3n) is 4.76. The number of likely N-dealkylation sites (tertiary alicyclic amines) is 1. The monoisotopic (exact) mass is 394 g/mol. The van der Waals surface area contributed by atoms with Gasteiger partial charge in [-0.15, -0.1) is 0 Å². The van der Waals surface area contributed by atoms with Crippen molar-refractivity contribution in [3.63, 3.8) is 0 Å². The Hall–Kier alpha value is -3.35. The standard InChI is InChI=1S/C22H26N4O3/c1-2-8-20(27)26-14-7-13-19(26)21(28)23-17-11-6-12-18(15-17)25-22(29)24-16-9-4-3-5-10-16/h3-6,9-12,15,19H,2,7-8,13-14H2,1H3,(H,23,28)(H2,24,25,29). The van der Waals surface area contributed by atoms with Crippen LogP contribution in [-0.2, 0) is 9.59 Å². The van der Waals surface area contributed by atoms with Crippen molar-refractivity contribution in [3.8, 4) is 0 Å². The van der Waals surface area contributed by atoms with Crippen LogP contribution in [0.3, 0.4) is 0 Å². The normalized spacial score (nSPS) is 15.6. The van der Waals surface area contributed by atoms with Crippen LogP contribution in [0.25, 0.3) is 0 Å². The van der Waals surface area contributed by atoms with Crippen molar-refractivity contribution in [2.24, 2.45) is 0 Å². The second-order valence-corrected chi connectivity index (χ2v) is 7.01. The average molecular weight is 394 g/mol. The van der Waals surface area contributed by atoms with E-state index in [-0.39, 0.29) is 17.8 Å². The molecule has 1 fully saturated rings. The third kappa shape index (κ3) is 5.57. The Kier molecular flexibility index (Phi) is 6.84. The van der Waals surface area contributed by atoms with Crippen molar-refractivity contribution in [2.75, 3.05) is 22.5 Å². The molecule has 0 bridgehead atoms. The fraction of sp³-hybridized carbons (Fsp3) is 0.318. The summed E-state index contributed by atoms with van der Waals surface area (Å²) in [4.78, 5) is 38.8. The summed E-state index contributed by atoms with van der Waals surface area (Å²) in [6, 6.07) is 15.3. The highest BCUT2D eigenvalue weighted by molar-refractivity contribution is 6.01. The number of amides is 4. The van der Waals surface area contributed by atoms with Crippen LogP contribution in [0.2, 0.25) is 0 Å². The number of carbonyl (C=O) groups excluding carboxylic acids is 3. The number of anilines is 3. The summed E-state index contributed by atoms with van der Waals surface area (Å²) in [6.45, 7) is 2.58. The van der Waals surface area contributed by atoms with Gasteiger partial charge >= 0.3 is 6.03 Å². The molecule has 1 heterocycles. The highest BCUT2D eigenvalue weighted by Crippen LogP contribution is 2.22. The first-order valence-electron chi connectivity index (χ1n) is 9.90. The van der Waals surface area contributed by atoms with Crippen molar-refractivity contribution in [1.29, 1.82) is 0 Å². The molecular formula is C22H26N4O3. The molecule has 0 saturated carbocycles. The van der Waals surface area contributed by atoms with Crippen LogP contribution in [0.15, 0.2) is 54.6 Å². The molecule has 7 heteroatoms. The van der Waals surface area contributed by atoms with Crippen LogP contribution in [0.1, 0.15) is 32.6 Å². The van der Waals surface area contributed by atoms with Gasteiger partial charge in [0.25, 0.3) is 0 Å². The first kappa shape index (κ1) is 20.4. The lowest BCUT2D eigenvalue weighted by atomic mass is 10.2. The molecule has 0 spiro atoms. The number of para-hydroxylation sites is 1. The highest BCUT2D eigenvalue weighted by Gasteiger charge is 2.33. The molecule has 7 nitrogen and oxygen atoms in total. The van der Waals surface area contributed by atoms with Crippen molar-refractivity contribution < 1.29 is 14.4 Å². The Labute approximate surface area is 170 Å². The minimum atomic E-state index is -0.438. The molecule has 4 amide bonds. The minimum Gasteiger partial charge on any atom is -0.331 e. The van der Waals surface area contributed by atoms with Gasteiger partial charge in [-0.25, -0.2) is 4.79 Å². The van der Waals surface area contributed by atoms with E-state index < -0.39 is 6.04 Å². The summed E-state index contributed by atoms with van der Waals surface area (Å²) in [5.41, 5.74) is 1.82. The fourth-order valence-electron chi connectivity index (χ4n) is 3.41. The van der Waals surface area contributed by atoms with E-state index in [0.717, 1.165) is 12.8 Å². The topological polar surface area (TPSA) is 90.5 Å². The molecule has 1 saturated heterocycles. The molecule has 0 aliphatic carbocycles. The van der Waals surface area contributed by atoms with Crippen LogP contribution in [0.5, 0.6) is 0 Å². The van der Waals surface area contributed by atoms with Gasteiger partial charge in [-0.1, -0.05) is 31.2 Å². The molecular weight excluding hydrogens is 368 g/mol. The Morgan fingerprint density at radius 3 is 2.31 bits per heavy atom. The molecule has 29 heavy (non-hydrogen) atoms. The van der Waals surface area contributed by atoms with Crippen LogP contribution in [0.4, 0.5) is 21.9 Å². The first-order chi connectivity index (χ1) is 14.1. The van der Waals surface area contributed by atoms with E-state index in [1.165, 1.54) is 0 Å². The van der Waals surface area contributed by atoms with Gasteiger partial charge in [-0.05, 0) is 49.6 Å². The lowest BCUT2D eigenvalue weighted by molar-refractivity contribution is -0.136. The summed E-state index contributed by atoms with van der Waals surface area (Å²) in [5.74, 6) is -0.170. The van der Waals surface area contributed by atoms with Crippen molar-refractivity contribution in [2.45, 2.75) is 38.6 Å². The number of hydrogen-bond donors (Lipinski definition) is 3. The maximum atomic E-state index is 12.7. The smallest absolute Gasteiger partial charge is 0.323 e. The third-order valence-corrected chi connectivity index (χ3v) is 4.76. The maximum Gasteiger partial charge on any atom is 0.323 e. The zero-order valence-corrected chi connectivity index (χ0v) is 16.5. The van der Waals surface area contributed by atoms with Gasteiger partial charge in [0.1, 0.15) is 6.04 Å². The van der Waals surface area contributed by atoms with Gasteiger partial charge in [0.2, 0.25) is 11.8 Å². The van der Waals surface area contributed by atoms with Gasteiger partial charge < -0.3 is 20.9 Å². The van der Waals surface area contributed by atoms with Crippen LogP contribution in [0, 0.1) is 0 Å². The predicted octanol–water partition coefficient (Wildman–Crippen LogP) is 4.06. The van der Waals surface area contributed by atoms with E-state index in [0.29, 0.717) is 36.4 Å². The predicted molar refractivity (Wildman–Crippen MR) is 114 cm³/mol. The molecule has 2 aromatic carbocycles. The molecule has 2 aromatic rings. The number of urea groups is 1. The number of nitrogens with zero attached hydrogens (tertiary/aromatic N) is 1. The summed E-state index contributed by atoms with van der Waals surface area (Å²) in [5, 5.41) is 8.37. The van der Waals surface area contributed by atoms with Crippen molar-refractivity contribution >= 4 is 34.9 Å². The van der Waals surface area contributed by atoms with E-state index in [2.05, 4.69) is 16.0 Å². The summed E-state index contributed by atoms with van der Waals surface area (Å²) < 4.78 is 0. The Balaban J connectivity index is 1.60. The Bertz CT molecular complexity index is 869. The average Bonchev–Trinajstić information content (AvgIpc) is 3.19. The summed E-state index contributed by atoms with van der Waals surface area (Å²) in [6.07, 6.45) is 2.72. The molecule has 1 atom stereocenters. The number of hydrogen-bond acceptors (Lipinski definition) is 3. The van der Waals surface area contributed by atoms with Gasteiger partial charge in [0, 0.05) is 30.0 Å². The molecule has 1 aliphatic heterocycles. The molecule has 3 N–H and O–H groups in total. The quantitative estimate of drug-likeness (QED) is 0.690. The van der Waals surface area contributed by atoms with Crippen LogP contribution in [-0.4, -0.2) is 35.3 Å². The number of rotatable bonds is 6. The first-order valence-corrected chi connectivity index (χ1v) is 9.90. The molecule has 152 valence electrons. The summed E-state index contributed by atoms with van der Waals surface area (Å²) in [7, 11) is 0. The zero-order valence-electron chi connectivity index (χ0n) is 16.5. The molecule has 0 radical (unpaired) electrons. The van der Waals surface area contributed by atoms with Gasteiger partial charge in [0.05, 0.1) is 0 Å². The Morgan fingerprint density at radius 2 is 1.59 bits per heavy atom. The lowest BCUT2D eigenvalue weighted by Gasteiger charge is -2.24. The van der Waals surface area contributed by atoms with Crippen molar-refractivity contribution in [1.82, 2.24) is 4.90 Å². The van der Waals surface area contributed by atoms with E-state index in [4.69, 9.17) is 0 Å². The van der Waals surface area contributed by atoms with Gasteiger partial charge in [0.15, 0.2) is 0 Å².